The van der Waals surface area contributed by atoms with E-state index in [-0.39, 0.29) is 0 Å². The van der Waals surface area contributed by atoms with Gasteiger partial charge < -0.3 is 14.2 Å². The largest absolute Gasteiger partial charge is 0.377 e. The molecule has 1 atom stereocenters. The molecule has 1 fully saturated rings. The average molecular weight is 211 g/mol. The lowest BCUT2D eigenvalue weighted by atomic mass is 10.2. The summed E-state index contributed by atoms with van der Waals surface area (Å²) in [4.78, 5) is 6.48. The van der Waals surface area contributed by atoms with E-state index in [1.165, 1.54) is 0 Å². The first kappa shape index (κ1) is 10.4. The van der Waals surface area contributed by atoms with E-state index in [4.69, 9.17) is 9.26 Å². The molecule has 0 aromatic carbocycles. The van der Waals surface area contributed by atoms with E-state index in [0.717, 1.165) is 25.6 Å². The molecule has 1 aromatic heterocycles. The number of aromatic nitrogens is 2. The highest BCUT2D eigenvalue weighted by molar-refractivity contribution is 5.28. The van der Waals surface area contributed by atoms with Crippen LogP contribution in [0.25, 0.3) is 0 Å². The second-order valence-electron chi connectivity index (χ2n) is 4.21. The van der Waals surface area contributed by atoms with Crippen LogP contribution in [-0.4, -0.2) is 35.9 Å². The van der Waals surface area contributed by atoms with E-state index >= 15 is 0 Å². The molecule has 5 nitrogen and oxygen atoms in total. The lowest BCUT2D eigenvalue weighted by molar-refractivity contribution is 0.0954. The van der Waals surface area contributed by atoms with Gasteiger partial charge in [0.2, 0.25) is 0 Å². The molecule has 0 amide bonds. The minimum atomic E-state index is 0.304. The fourth-order valence-electron chi connectivity index (χ4n) is 1.59. The summed E-state index contributed by atoms with van der Waals surface area (Å²) in [7, 11) is 0. The van der Waals surface area contributed by atoms with Crippen molar-refractivity contribution in [3.63, 3.8) is 0 Å². The highest BCUT2D eigenvalue weighted by Gasteiger charge is 2.24. The van der Waals surface area contributed by atoms with E-state index in [1.807, 2.05) is 0 Å². The highest BCUT2D eigenvalue weighted by atomic mass is 16.5. The Labute approximate surface area is 89.4 Å². The minimum Gasteiger partial charge on any atom is -0.377 e. The van der Waals surface area contributed by atoms with Gasteiger partial charge in [-0.1, -0.05) is 19.0 Å². The maximum atomic E-state index is 5.36. The lowest BCUT2D eigenvalue weighted by Crippen LogP contribution is -2.43. The first-order valence-electron chi connectivity index (χ1n) is 5.36. The zero-order valence-electron chi connectivity index (χ0n) is 9.43. The van der Waals surface area contributed by atoms with Gasteiger partial charge in [0, 0.05) is 12.5 Å². The van der Waals surface area contributed by atoms with Crippen molar-refractivity contribution in [2.75, 3.05) is 24.7 Å². The van der Waals surface area contributed by atoms with Gasteiger partial charge in [0.25, 0.3) is 0 Å². The second-order valence-corrected chi connectivity index (χ2v) is 4.21. The summed E-state index contributed by atoms with van der Waals surface area (Å²) in [6.45, 7) is 8.47. The molecular weight excluding hydrogens is 194 g/mol. The fraction of sp³-hybridized carbons (Fsp3) is 0.800. The number of rotatable bonds is 2. The molecule has 0 aliphatic carbocycles. The third kappa shape index (κ3) is 2.12. The van der Waals surface area contributed by atoms with Crippen molar-refractivity contribution in [3.8, 4) is 0 Å². The summed E-state index contributed by atoms with van der Waals surface area (Å²) < 4.78 is 10.6. The highest BCUT2D eigenvalue weighted by Crippen LogP contribution is 2.19. The van der Waals surface area contributed by atoms with Crippen molar-refractivity contribution in [3.05, 3.63) is 5.82 Å². The molecule has 84 valence electrons. The van der Waals surface area contributed by atoms with Crippen LogP contribution in [0.5, 0.6) is 0 Å². The van der Waals surface area contributed by atoms with Crippen molar-refractivity contribution in [2.45, 2.75) is 32.7 Å². The van der Waals surface area contributed by atoms with Crippen LogP contribution in [0, 0.1) is 0 Å². The summed E-state index contributed by atoms with van der Waals surface area (Å²) in [6, 6.07) is 0.925. The summed E-state index contributed by atoms with van der Waals surface area (Å²) in [5.74, 6) is 1.07. The number of hydrogen-bond acceptors (Lipinski definition) is 5. The Balaban J connectivity index is 2.13. The first-order chi connectivity index (χ1) is 7.18. The molecule has 0 saturated carbocycles. The summed E-state index contributed by atoms with van der Waals surface area (Å²) in [6.07, 6.45) is 0. The van der Waals surface area contributed by atoms with Gasteiger partial charge in [0.15, 0.2) is 5.82 Å². The molecule has 2 rings (SSSR count). The Morgan fingerprint density at radius 1 is 1.47 bits per heavy atom. The Kier molecular flexibility index (Phi) is 2.90. The third-order valence-electron chi connectivity index (χ3n) is 2.56. The fourth-order valence-corrected chi connectivity index (χ4v) is 1.59. The Morgan fingerprint density at radius 2 is 2.27 bits per heavy atom. The van der Waals surface area contributed by atoms with Crippen LogP contribution >= 0.6 is 0 Å². The SMILES string of the molecule is CC(C)c1noc(N2CCOCC2C)n1. The normalized spacial score (nSPS) is 22.4. The lowest BCUT2D eigenvalue weighted by Gasteiger charge is -2.31. The molecule has 1 aromatic rings. The molecule has 1 aliphatic heterocycles. The summed E-state index contributed by atoms with van der Waals surface area (Å²) in [5.41, 5.74) is 0. The van der Waals surface area contributed by atoms with Gasteiger partial charge in [-0.2, -0.15) is 4.98 Å². The molecule has 0 spiro atoms. The number of ether oxygens (including phenoxy) is 1. The van der Waals surface area contributed by atoms with Crippen LogP contribution in [0.3, 0.4) is 0 Å². The minimum absolute atomic E-state index is 0.304. The van der Waals surface area contributed by atoms with Crippen LogP contribution in [-0.2, 0) is 4.74 Å². The molecule has 1 saturated heterocycles. The zero-order valence-corrected chi connectivity index (χ0v) is 9.43. The second kappa shape index (κ2) is 4.18. The van der Waals surface area contributed by atoms with Gasteiger partial charge >= 0.3 is 6.01 Å². The average Bonchev–Trinajstić information content (AvgIpc) is 2.67. The number of nitrogens with zero attached hydrogens (tertiary/aromatic N) is 3. The Hall–Kier alpha value is -1.10. The number of morpholine rings is 1. The van der Waals surface area contributed by atoms with Gasteiger partial charge in [0.05, 0.1) is 19.3 Å². The molecule has 15 heavy (non-hydrogen) atoms. The van der Waals surface area contributed by atoms with Crippen LogP contribution in [0.2, 0.25) is 0 Å². The van der Waals surface area contributed by atoms with Crippen molar-refractivity contribution >= 4 is 6.01 Å². The molecular formula is C10H17N3O2. The Morgan fingerprint density at radius 3 is 2.87 bits per heavy atom. The van der Waals surface area contributed by atoms with E-state index < -0.39 is 0 Å². The van der Waals surface area contributed by atoms with Gasteiger partial charge in [-0.05, 0) is 6.92 Å². The van der Waals surface area contributed by atoms with Gasteiger partial charge in [0.1, 0.15) is 0 Å². The predicted octanol–water partition coefficient (Wildman–Crippen LogP) is 1.42. The van der Waals surface area contributed by atoms with Crippen LogP contribution in [0.15, 0.2) is 4.52 Å². The van der Waals surface area contributed by atoms with Crippen LogP contribution < -0.4 is 4.90 Å². The third-order valence-corrected chi connectivity index (χ3v) is 2.56. The monoisotopic (exact) mass is 211 g/mol. The zero-order chi connectivity index (χ0) is 10.8. The van der Waals surface area contributed by atoms with Crippen LogP contribution in [0.4, 0.5) is 6.01 Å². The predicted molar refractivity (Wildman–Crippen MR) is 56.0 cm³/mol. The van der Waals surface area contributed by atoms with Crippen molar-refractivity contribution in [1.29, 1.82) is 0 Å². The summed E-state index contributed by atoms with van der Waals surface area (Å²) >= 11 is 0. The van der Waals surface area contributed by atoms with Gasteiger partial charge in [-0.15, -0.1) is 0 Å². The van der Waals surface area contributed by atoms with Crippen molar-refractivity contribution < 1.29 is 9.26 Å². The maximum Gasteiger partial charge on any atom is 0.324 e. The van der Waals surface area contributed by atoms with Gasteiger partial charge in [-0.25, -0.2) is 0 Å². The molecule has 1 unspecified atom stereocenters. The smallest absolute Gasteiger partial charge is 0.324 e. The molecule has 1 aliphatic rings. The topological polar surface area (TPSA) is 51.4 Å². The van der Waals surface area contributed by atoms with E-state index in [0.29, 0.717) is 18.0 Å². The standard InChI is InChI=1S/C10H17N3O2/c1-7(2)9-11-10(15-12-9)13-4-5-14-6-8(13)3/h7-8H,4-6H2,1-3H3. The number of anilines is 1. The van der Waals surface area contributed by atoms with Crippen LogP contribution in [0.1, 0.15) is 32.5 Å². The van der Waals surface area contributed by atoms with Crippen molar-refractivity contribution in [2.24, 2.45) is 0 Å². The molecule has 5 heteroatoms. The van der Waals surface area contributed by atoms with Gasteiger partial charge in [-0.3, -0.25) is 0 Å². The Bertz CT molecular complexity index is 324. The quantitative estimate of drug-likeness (QED) is 0.740. The van der Waals surface area contributed by atoms with E-state index in [2.05, 4.69) is 35.8 Å². The number of hydrogen-bond donors (Lipinski definition) is 0. The molecule has 2 heterocycles. The first-order valence-corrected chi connectivity index (χ1v) is 5.36. The summed E-state index contributed by atoms with van der Waals surface area (Å²) in [5, 5.41) is 3.96. The van der Waals surface area contributed by atoms with Crippen molar-refractivity contribution in [1.82, 2.24) is 10.1 Å². The molecule has 0 bridgehead atoms. The van der Waals surface area contributed by atoms with E-state index in [9.17, 15) is 0 Å². The molecule has 0 radical (unpaired) electrons. The maximum absolute atomic E-state index is 5.36. The molecule has 0 N–H and O–H groups in total. The van der Waals surface area contributed by atoms with E-state index in [1.54, 1.807) is 0 Å².